The molecule has 1 aliphatic heterocycles. The summed E-state index contributed by atoms with van der Waals surface area (Å²) in [5.74, 6) is 1.91. The largest absolute Gasteiger partial charge is 0.354 e. The van der Waals surface area contributed by atoms with Crippen molar-refractivity contribution in [2.45, 2.75) is 52.6 Å². The van der Waals surface area contributed by atoms with Gasteiger partial charge in [0.25, 0.3) is 0 Å². The number of anilines is 1. The van der Waals surface area contributed by atoms with Crippen LogP contribution in [0, 0.1) is 5.92 Å². The van der Waals surface area contributed by atoms with Gasteiger partial charge in [-0.2, -0.15) is 0 Å². The van der Waals surface area contributed by atoms with E-state index < -0.39 is 0 Å². The van der Waals surface area contributed by atoms with Crippen molar-refractivity contribution in [3.05, 3.63) is 23.9 Å². The van der Waals surface area contributed by atoms with Crippen LogP contribution in [0.3, 0.4) is 0 Å². The van der Waals surface area contributed by atoms with E-state index in [4.69, 9.17) is 4.98 Å². The average molecular weight is 261 g/mol. The third-order valence-corrected chi connectivity index (χ3v) is 4.19. The Morgan fingerprint density at radius 3 is 3.00 bits per heavy atom. The Kier molecular flexibility index (Phi) is 5.20. The first kappa shape index (κ1) is 14.3. The van der Waals surface area contributed by atoms with Gasteiger partial charge in [0, 0.05) is 19.1 Å². The van der Waals surface area contributed by atoms with Gasteiger partial charge in [-0.15, -0.1) is 0 Å². The lowest BCUT2D eigenvalue weighted by Gasteiger charge is -2.38. The molecule has 0 aromatic carbocycles. The fourth-order valence-electron chi connectivity index (χ4n) is 2.78. The summed E-state index contributed by atoms with van der Waals surface area (Å²) in [6.45, 7) is 9.94. The van der Waals surface area contributed by atoms with Crippen LogP contribution in [0.15, 0.2) is 18.2 Å². The van der Waals surface area contributed by atoms with Crippen LogP contribution < -0.4 is 10.2 Å². The molecule has 19 heavy (non-hydrogen) atoms. The van der Waals surface area contributed by atoms with Gasteiger partial charge in [0.2, 0.25) is 0 Å². The molecule has 1 saturated heterocycles. The lowest BCUT2D eigenvalue weighted by atomic mass is 9.92. The van der Waals surface area contributed by atoms with Gasteiger partial charge in [-0.25, -0.2) is 4.98 Å². The molecule has 2 rings (SSSR count). The van der Waals surface area contributed by atoms with Crippen LogP contribution in [0.4, 0.5) is 5.82 Å². The third kappa shape index (κ3) is 3.69. The first-order chi connectivity index (χ1) is 9.22. The van der Waals surface area contributed by atoms with Crippen molar-refractivity contribution in [3.8, 4) is 0 Å². The maximum atomic E-state index is 4.82. The van der Waals surface area contributed by atoms with Crippen LogP contribution in [-0.4, -0.2) is 24.1 Å². The Morgan fingerprint density at radius 2 is 2.21 bits per heavy atom. The zero-order valence-electron chi connectivity index (χ0n) is 12.5. The van der Waals surface area contributed by atoms with E-state index in [0.29, 0.717) is 6.04 Å². The summed E-state index contributed by atoms with van der Waals surface area (Å²) in [6, 6.07) is 7.00. The van der Waals surface area contributed by atoms with E-state index in [1.807, 2.05) is 0 Å². The van der Waals surface area contributed by atoms with E-state index in [-0.39, 0.29) is 0 Å². The van der Waals surface area contributed by atoms with Crippen molar-refractivity contribution in [1.82, 2.24) is 10.3 Å². The van der Waals surface area contributed by atoms with E-state index in [1.165, 1.54) is 19.3 Å². The minimum absolute atomic E-state index is 0.597. The van der Waals surface area contributed by atoms with Crippen LogP contribution in [0.2, 0.25) is 0 Å². The maximum absolute atomic E-state index is 4.82. The minimum atomic E-state index is 0.597. The number of aromatic nitrogens is 1. The molecule has 1 aromatic heterocycles. The molecular weight excluding hydrogens is 234 g/mol. The zero-order chi connectivity index (χ0) is 13.7. The third-order valence-electron chi connectivity index (χ3n) is 4.19. The zero-order valence-corrected chi connectivity index (χ0v) is 12.5. The molecule has 0 bridgehead atoms. The van der Waals surface area contributed by atoms with E-state index in [9.17, 15) is 0 Å². The monoisotopic (exact) mass is 261 g/mol. The quantitative estimate of drug-likeness (QED) is 0.825. The van der Waals surface area contributed by atoms with Gasteiger partial charge in [0.15, 0.2) is 0 Å². The number of nitrogens with one attached hydrogen (secondary N) is 1. The molecule has 1 N–H and O–H groups in total. The van der Waals surface area contributed by atoms with Crippen LogP contribution >= 0.6 is 0 Å². The Morgan fingerprint density at radius 1 is 1.37 bits per heavy atom. The lowest BCUT2D eigenvalue weighted by Crippen LogP contribution is -2.43. The molecule has 0 radical (unpaired) electrons. The maximum Gasteiger partial charge on any atom is 0.129 e. The average Bonchev–Trinajstić information content (AvgIpc) is 2.43. The number of pyridine rings is 1. The smallest absolute Gasteiger partial charge is 0.129 e. The Labute approximate surface area is 117 Å². The minimum Gasteiger partial charge on any atom is -0.354 e. The Bertz CT molecular complexity index is 391. The van der Waals surface area contributed by atoms with Gasteiger partial charge in [-0.1, -0.05) is 19.9 Å². The van der Waals surface area contributed by atoms with E-state index in [2.05, 4.69) is 49.2 Å². The molecule has 1 aromatic rings. The summed E-state index contributed by atoms with van der Waals surface area (Å²) in [5, 5.41) is 3.42. The highest BCUT2D eigenvalue weighted by Gasteiger charge is 2.25. The predicted molar refractivity (Wildman–Crippen MR) is 81.4 cm³/mol. The van der Waals surface area contributed by atoms with Crippen molar-refractivity contribution in [2.24, 2.45) is 5.92 Å². The molecule has 2 heterocycles. The van der Waals surface area contributed by atoms with E-state index >= 15 is 0 Å². The highest BCUT2D eigenvalue weighted by atomic mass is 15.2. The topological polar surface area (TPSA) is 28.2 Å². The summed E-state index contributed by atoms with van der Waals surface area (Å²) < 4.78 is 0. The molecule has 3 heteroatoms. The van der Waals surface area contributed by atoms with Crippen molar-refractivity contribution in [3.63, 3.8) is 0 Å². The molecule has 0 amide bonds. The molecule has 0 aliphatic carbocycles. The molecule has 0 saturated carbocycles. The fraction of sp³-hybridized carbons (Fsp3) is 0.688. The number of nitrogens with zero attached hydrogens (tertiary/aromatic N) is 2. The molecule has 2 unspecified atom stereocenters. The molecule has 2 atom stereocenters. The highest BCUT2D eigenvalue weighted by molar-refractivity contribution is 5.41. The van der Waals surface area contributed by atoms with Crippen LogP contribution in [0.1, 0.15) is 45.7 Å². The van der Waals surface area contributed by atoms with Crippen molar-refractivity contribution in [1.29, 1.82) is 0 Å². The lowest BCUT2D eigenvalue weighted by molar-refractivity contribution is 0.361. The first-order valence-electron chi connectivity index (χ1n) is 7.65. The van der Waals surface area contributed by atoms with Gasteiger partial charge in [0.1, 0.15) is 5.82 Å². The molecule has 0 spiro atoms. The Hall–Kier alpha value is -1.09. The van der Waals surface area contributed by atoms with Crippen molar-refractivity contribution >= 4 is 5.82 Å². The number of rotatable bonds is 5. The summed E-state index contributed by atoms with van der Waals surface area (Å²) in [6.07, 6.45) is 3.79. The summed E-state index contributed by atoms with van der Waals surface area (Å²) in [4.78, 5) is 7.29. The number of hydrogen-bond acceptors (Lipinski definition) is 3. The first-order valence-corrected chi connectivity index (χ1v) is 7.65. The molecule has 106 valence electrons. The highest BCUT2D eigenvalue weighted by Crippen LogP contribution is 2.27. The van der Waals surface area contributed by atoms with Gasteiger partial charge >= 0.3 is 0 Å². The normalized spacial score (nSPS) is 23.6. The SMILES string of the molecule is CCCNCc1cccc(N2CCCC(C)C2C)n1. The second kappa shape index (κ2) is 6.90. The van der Waals surface area contributed by atoms with Gasteiger partial charge in [-0.3, -0.25) is 0 Å². The van der Waals surface area contributed by atoms with Gasteiger partial charge in [0.05, 0.1) is 5.69 Å². The summed E-state index contributed by atoms with van der Waals surface area (Å²) in [7, 11) is 0. The molecule has 1 fully saturated rings. The van der Waals surface area contributed by atoms with Crippen LogP contribution in [0.5, 0.6) is 0 Å². The fourth-order valence-corrected chi connectivity index (χ4v) is 2.78. The molecular formula is C16H27N3. The van der Waals surface area contributed by atoms with Gasteiger partial charge < -0.3 is 10.2 Å². The second-order valence-corrected chi connectivity index (χ2v) is 5.72. The van der Waals surface area contributed by atoms with E-state index in [1.54, 1.807) is 0 Å². The van der Waals surface area contributed by atoms with Crippen molar-refractivity contribution < 1.29 is 0 Å². The van der Waals surface area contributed by atoms with Crippen LogP contribution in [0.25, 0.3) is 0 Å². The summed E-state index contributed by atoms with van der Waals surface area (Å²) in [5.41, 5.74) is 1.15. The van der Waals surface area contributed by atoms with Crippen LogP contribution in [-0.2, 0) is 6.54 Å². The number of hydrogen-bond donors (Lipinski definition) is 1. The van der Waals surface area contributed by atoms with Gasteiger partial charge in [-0.05, 0) is 50.8 Å². The second-order valence-electron chi connectivity index (χ2n) is 5.72. The molecule has 3 nitrogen and oxygen atoms in total. The molecule has 1 aliphatic rings. The predicted octanol–water partition coefficient (Wildman–Crippen LogP) is 3.21. The standard InChI is InChI=1S/C16H27N3/c1-4-10-17-12-15-8-5-9-16(18-15)19-11-6-7-13(2)14(19)3/h5,8-9,13-14,17H,4,6-7,10-12H2,1-3H3. The van der Waals surface area contributed by atoms with Crippen molar-refractivity contribution in [2.75, 3.05) is 18.0 Å². The van der Waals surface area contributed by atoms with E-state index in [0.717, 1.165) is 37.1 Å². The number of piperidine rings is 1. The summed E-state index contributed by atoms with van der Waals surface area (Å²) >= 11 is 0. The Balaban J connectivity index is 2.05.